The van der Waals surface area contributed by atoms with Crippen molar-refractivity contribution in [3.05, 3.63) is 0 Å². The van der Waals surface area contributed by atoms with Crippen molar-refractivity contribution >= 4 is 0 Å². The summed E-state index contributed by atoms with van der Waals surface area (Å²) in [5.41, 5.74) is 0. The predicted octanol–water partition coefficient (Wildman–Crippen LogP) is -0.604. The van der Waals surface area contributed by atoms with Crippen molar-refractivity contribution in [2.45, 2.75) is 0 Å². The minimum absolute atomic E-state index is 0. The molecule has 9 heteroatoms. The third kappa shape index (κ3) is 225. The molecule has 0 heterocycles. The Kier molecular flexibility index (Phi) is 2440. The second kappa shape index (κ2) is 288. The summed E-state index contributed by atoms with van der Waals surface area (Å²) >= 11 is 5.56. The summed E-state index contributed by atoms with van der Waals surface area (Å²) in [6.07, 6.45) is 0. The summed E-state index contributed by atoms with van der Waals surface area (Å²) in [5.74, 6) is 0. The van der Waals surface area contributed by atoms with Crippen LogP contribution in [0.25, 0.3) is 0 Å². The molecule has 5 nitrogen and oxygen atoms in total. The van der Waals surface area contributed by atoms with E-state index < -0.39 is 0 Å². The maximum atomic E-state index is 7.88. The molecule has 0 aliphatic carbocycles. The van der Waals surface area contributed by atoms with Crippen molar-refractivity contribution in [1.82, 2.24) is 0 Å². The van der Waals surface area contributed by atoms with Gasteiger partial charge in [-0.05, 0) is 0 Å². The Balaban J connectivity index is -0.00000000114. The van der Waals surface area contributed by atoms with Gasteiger partial charge in [-0.15, -0.1) is 0 Å². The zero-order chi connectivity index (χ0) is 4.00. The van der Waals surface area contributed by atoms with Gasteiger partial charge < -0.3 is 16.4 Å². The summed E-state index contributed by atoms with van der Waals surface area (Å²) in [6.45, 7) is 0. The molecule has 0 aromatic rings. The van der Waals surface area contributed by atoms with E-state index in [1.807, 2.05) is 0 Å². The average Bonchev–Trinajstić information content (AvgIpc) is 1.50. The summed E-state index contributed by atoms with van der Waals surface area (Å²) in [7, 11) is 0. The first kappa shape index (κ1) is 76.2. The molecule has 0 amide bonds. The minimum atomic E-state index is 0. The molecule has 0 saturated carbocycles. The van der Waals surface area contributed by atoms with Crippen LogP contribution in [0.4, 0.5) is 0 Å². The van der Waals surface area contributed by atoms with E-state index in [0.717, 1.165) is 0 Å². The van der Waals surface area contributed by atoms with Gasteiger partial charge in [0.15, 0.2) is 0 Å². The summed E-state index contributed by atoms with van der Waals surface area (Å²) < 4.78 is 15.7. The molecule has 9 heavy (non-hydrogen) atoms. The maximum absolute atomic E-state index is 7.88. The van der Waals surface area contributed by atoms with Crippen LogP contribution in [0.3, 0.4) is 0 Å². The molecule has 0 fully saturated rings. The fourth-order valence-corrected chi connectivity index (χ4v) is 0. The van der Waals surface area contributed by atoms with E-state index in [2.05, 4.69) is 31.3 Å². The van der Waals surface area contributed by atoms with E-state index in [0.29, 0.717) is 0 Å². The molecule has 0 aliphatic heterocycles. The zero-order valence-electron chi connectivity index (χ0n) is 3.48. The van der Waals surface area contributed by atoms with Gasteiger partial charge in [-0.25, -0.2) is 0 Å². The van der Waals surface area contributed by atoms with Gasteiger partial charge in [0.1, 0.15) is 0 Å². The van der Waals surface area contributed by atoms with Gasteiger partial charge in [0.05, 0.1) is 0 Å². The first-order valence-electron chi connectivity index (χ1n) is 0.252. The van der Waals surface area contributed by atoms with Crippen LogP contribution < -0.4 is 0 Å². The molecule has 0 aliphatic rings. The Labute approximate surface area is 89.7 Å². The molecule has 0 rings (SSSR count). The quantitative estimate of drug-likeness (QED) is 0.555. The topological polar surface area (TPSA) is 120 Å². The van der Waals surface area contributed by atoms with Crippen LogP contribution in [0, 0.1) is 0 Å². The molecule has 0 aromatic carbocycles. The Morgan fingerprint density at radius 2 is 0.778 bits per heavy atom. The summed E-state index contributed by atoms with van der Waals surface area (Å²) in [5, 5.41) is 0. The molecule has 0 saturated heterocycles. The molecule has 0 atom stereocenters. The fraction of sp³-hybridized carbons (Fsp3) is 0. The van der Waals surface area contributed by atoms with Crippen molar-refractivity contribution in [2.24, 2.45) is 0 Å². The Morgan fingerprint density at radius 3 is 0.778 bits per heavy atom. The standard InChI is InChI=1S/2Cr.Cu.Ni.5O/q2*+3;;;;;3*-2. The first-order valence-corrected chi connectivity index (χ1v) is 1.04. The van der Waals surface area contributed by atoms with E-state index in [4.69, 9.17) is 7.73 Å². The average molecular weight is 306 g/mol. The van der Waals surface area contributed by atoms with Gasteiger partial charge >= 0.3 is 73.8 Å². The third-order valence-electron chi connectivity index (χ3n) is 0. The summed E-state index contributed by atoms with van der Waals surface area (Å²) in [6, 6.07) is 0. The van der Waals surface area contributed by atoms with Crippen LogP contribution in [-0.2, 0) is 90.2 Å². The predicted molar refractivity (Wildman–Crippen MR) is 3.43 cm³/mol. The van der Waals surface area contributed by atoms with Crippen molar-refractivity contribution < 1.29 is 90.2 Å². The molecule has 0 bridgehead atoms. The third-order valence-corrected chi connectivity index (χ3v) is 0. The van der Waals surface area contributed by atoms with Gasteiger partial charge in [-0.1, -0.05) is 0 Å². The van der Waals surface area contributed by atoms with Crippen LogP contribution >= 0.6 is 0 Å². The van der Waals surface area contributed by atoms with Crippen LogP contribution in [0.5, 0.6) is 0 Å². The first-order chi connectivity index (χ1) is 2.00. The van der Waals surface area contributed by atoms with E-state index in [-0.39, 0.29) is 51.2 Å². The molecule has 0 aromatic heterocycles. The van der Waals surface area contributed by atoms with Gasteiger partial charge in [0.2, 0.25) is 0 Å². The van der Waals surface area contributed by atoms with E-state index in [1.165, 1.54) is 0 Å². The van der Waals surface area contributed by atoms with Gasteiger partial charge in [0.25, 0.3) is 0 Å². The second-order valence-electron chi connectivity index (χ2n) is 0. The van der Waals surface area contributed by atoms with Crippen molar-refractivity contribution in [3.8, 4) is 0 Å². The van der Waals surface area contributed by atoms with Crippen molar-refractivity contribution in [1.29, 1.82) is 0 Å². The van der Waals surface area contributed by atoms with Crippen molar-refractivity contribution in [2.75, 3.05) is 0 Å². The Hall–Kier alpha value is 1.56. The number of hydrogen-bond acceptors (Lipinski definition) is 2. The Bertz CT molecular complexity index is 16.9. The number of hydrogen-bond donors (Lipinski definition) is 0. The molecule has 2 radical (unpaired) electrons. The molecule has 63 valence electrons. The molecule has 0 spiro atoms. The molecular weight excluding hydrogens is 306 g/mol. The molecular formula is Cr2CuNiO5. The van der Waals surface area contributed by atoms with Crippen molar-refractivity contribution in [3.63, 3.8) is 0 Å². The van der Waals surface area contributed by atoms with Crippen LogP contribution in [-0.4, -0.2) is 0 Å². The van der Waals surface area contributed by atoms with Gasteiger partial charge in [0, 0.05) is 0 Å². The van der Waals surface area contributed by atoms with E-state index in [9.17, 15) is 0 Å². The normalized spacial score (nSPS) is 1.33. The van der Waals surface area contributed by atoms with Crippen LogP contribution in [0.2, 0.25) is 0 Å². The van der Waals surface area contributed by atoms with E-state index in [1.54, 1.807) is 0 Å². The number of rotatable bonds is 0. The second-order valence-corrected chi connectivity index (χ2v) is 0. The SMILES string of the molecule is [Cr+3].[Cr+3].[O-2].[O-2].[O-2].[O]=[Cu].[O]=[Ni]. The Morgan fingerprint density at radius 1 is 0.778 bits per heavy atom. The summed E-state index contributed by atoms with van der Waals surface area (Å²) in [4.78, 5) is 0. The fourth-order valence-electron chi connectivity index (χ4n) is 0. The van der Waals surface area contributed by atoms with Crippen LogP contribution in [0.15, 0.2) is 0 Å². The van der Waals surface area contributed by atoms with E-state index >= 15 is 0 Å². The van der Waals surface area contributed by atoms with Crippen LogP contribution in [0.1, 0.15) is 0 Å². The van der Waals surface area contributed by atoms with Gasteiger partial charge in [-0.3, -0.25) is 0 Å². The molecule has 0 N–H and O–H groups in total. The zero-order valence-corrected chi connectivity index (χ0v) is 7.95. The monoisotopic (exact) mass is 305 g/mol. The molecule has 0 unspecified atom stereocenters. The van der Waals surface area contributed by atoms with Gasteiger partial charge in [-0.2, -0.15) is 0 Å².